The van der Waals surface area contributed by atoms with E-state index in [-0.39, 0.29) is 5.91 Å². The molecule has 2 aromatic rings. The van der Waals surface area contributed by atoms with Crippen molar-refractivity contribution in [2.45, 2.75) is 19.5 Å². The molecular weight excluding hydrogens is 256 g/mol. The maximum absolute atomic E-state index is 12.3. The number of hydrogen-bond acceptors (Lipinski definition) is 4. The normalized spacial score (nSPS) is 13.9. The molecule has 1 aliphatic rings. The van der Waals surface area contributed by atoms with Crippen LogP contribution >= 0.6 is 0 Å². The number of nitrogens with zero attached hydrogens (tertiary/aromatic N) is 4. The van der Waals surface area contributed by atoms with Crippen molar-refractivity contribution < 1.29 is 9.53 Å². The van der Waals surface area contributed by atoms with Gasteiger partial charge in [-0.05, 0) is 17.7 Å². The van der Waals surface area contributed by atoms with Crippen LogP contribution < -0.4 is 4.74 Å². The quantitative estimate of drug-likeness (QED) is 0.832. The van der Waals surface area contributed by atoms with E-state index in [1.807, 2.05) is 33.8 Å². The van der Waals surface area contributed by atoms with E-state index in [0.717, 1.165) is 17.1 Å². The maximum Gasteiger partial charge on any atom is 0.227 e. The highest BCUT2D eigenvalue weighted by Gasteiger charge is 2.21. The van der Waals surface area contributed by atoms with Gasteiger partial charge in [-0.2, -0.15) is 5.10 Å². The summed E-state index contributed by atoms with van der Waals surface area (Å²) < 4.78 is 7.01. The van der Waals surface area contributed by atoms with Gasteiger partial charge in [0.15, 0.2) is 0 Å². The van der Waals surface area contributed by atoms with Crippen molar-refractivity contribution >= 4 is 5.91 Å². The first-order valence-electron chi connectivity index (χ1n) is 6.53. The summed E-state index contributed by atoms with van der Waals surface area (Å²) in [6.45, 7) is 1.92. The fraction of sp³-hybridized carbons (Fsp3) is 0.357. The van der Waals surface area contributed by atoms with Crippen LogP contribution in [0.3, 0.4) is 0 Å². The summed E-state index contributed by atoms with van der Waals surface area (Å²) in [5.74, 6) is 1.72. The fourth-order valence-electron chi connectivity index (χ4n) is 2.34. The summed E-state index contributed by atoms with van der Waals surface area (Å²) in [5.41, 5.74) is 0.960. The van der Waals surface area contributed by atoms with Crippen LogP contribution in [0.4, 0.5) is 0 Å². The van der Waals surface area contributed by atoms with E-state index in [2.05, 4.69) is 10.1 Å². The molecule has 104 valence electrons. The lowest BCUT2D eigenvalue weighted by Gasteiger charge is -2.26. The number of hydrogen-bond donors (Lipinski definition) is 0. The molecule has 0 bridgehead atoms. The van der Waals surface area contributed by atoms with Crippen molar-refractivity contribution in [2.24, 2.45) is 0 Å². The van der Waals surface area contributed by atoms with E-state index < -0.39 is 0 Å². The van der Waals surface area contributed by atoms with Gasteiger partial charge in [0.1, 0.15) is 17.9 Å². The highest BCUT2D eigenvalue weighted by molar-refractivity contribution is 5.78. The Bertz CT molecular complexity index is 623. The molecule has 1 aromatic heterocycles. The number of rotatable bonds is 3. The van der Waals surface area contributed by atoms with Crippen molar-refractivity contribution in [2.75, 3.05) is 13.7 Å². The average Bonchev–Trinajstić information content (AvgIpc) is 2.94. The van der Waals surface area contributed by atoms with Gasteiger partial charge in [-0.25, -0.2) is 9.67 Å². The highest BCUT2D eigenvalue weighted by atomic mass is 16.5. The zero-order valence-corrected chi connectivity index (χ0v) is 11.3. The van der Waals surface area contributed by atoms with E-state index in [1.54, 1.807) is 7.11 Å². The van der Waals surface area contributed by atoms with Crippen molar-refractivity contribution in [3.63, 3.8) is 0 Å². The van der Waals surface area contributed by atoms with Gasteiger partial charge < -0.3 is 9.64 Å². The Morgan fingerprint density at radius 3 is 3.15 bits per heavy atom. The molecule has 0 atom stereocenters. The molecule has 1 aromatic carbocycles. The van der Waals surface area contributed by atoms with Crippen molar-refractivity contribution in [1.82, 2.24) is 19.7 Å². The molecule has 1 amide bonds. The number of benzene rings is 1. The number of aromatic nitrogens is 3. The van der Waals surface area contributed by atoms with Gasteiger partial charge in [0.05, 0.1) is 26.6 Å². The minimum Gasteiger partial charge on any atom is -0.497 e. The largest absolute Gasteiger partial charge is 0.497 e. The zero-order valence-electron chi connectivity index (χ0n) is 11.3. The number of carbonyl (C=O) groups is 1. The van der Waals surface area contributed by atoms with Crippen LogP contribution in [0.5, 0.6) is 5.75 Å². The second kappa shape index (κ2) is 5.32. The smallest absolute Gasteiger partial charge is 0.227 e. The van der Waals surface area contributed by atoms with Crippen molar-refractivity contribution in [3.8, 4) is 5.75 Å². The van der Waals surface area contributed by atoms with E-state index in [9.17, 15) is 4.79 Å². The first kappa shape index (κ1) is 12.7. The Kier molecular flexibility index (Phi) is 3.37. The van der Waals surface area contributed by atoms with E-state index in [4.69, 9.17) is 4.74 Å². The van der Waals surface area contributed by atoms with E-state index in [0.29, 0.717) is 26.1 Å². The van der Waals surface area contributed by atoms with Crippen molar-refractivity contribution in [1.29, 1.82) is 0 Å². The highest BCUT2D eigenvalue weighted by Crippen LogP contribution is 2.15. The van der Waals surface area contributed by atoms with Crippen LogP contribution in [0.2, 0.25) is 0 Å². The minimum absolute atomic E-state index is 0.104. The third kappa shape index (κ3) is 2.49. The van der Waals surface area contributed by atoms with Crippen LogP contribution in [0, 0.1) is 0 Å². The standard InChI is InChI=1S/C14H16N4O2/c1-20-12-4-2-3-11(7-12)8-14(19)17-5-6-18-13(9-17)15-10-16-18/h2-4,7,10H,5-6,8-9H2,1H3. The lowest BCUT2D eigenvalue weighted by Crippen LogP contribution is -2.39. The topological polar surface area (TPSA) is 60.2 Å². The Balaban J connectivity index is 1.68. The molecule has 2 heterocycles. The monoisotopic (exact) mass is 272 g/mol. The summed E-state index contributed by atoms with van der Waals surface area (Å²) in [6.07, 6.45) is 1.91. The van der Waals surface area contributed by atoms with Crippen molar-refractivity contribution in [3.05, 3.63) is 42.0 Å². The van der Waals surface area contributed by atoms with E-state index in [1.165, 1.54) is 6.33 Å². The number of ether oxygens (including phenoxy) is 1. The van der Waals surface area contributed by atoms with Gasteiger partial charge in [0, 0.05) is 6.54 Å². The molecule has 6 nitrogen and oxygen atoms in total. The molecule has 1 aliphatic heterocycles. The van der Waals surface area contributed by atoms with Crippen LogP contribution in [0.15, 0.2) is 30.6 Å². The fourth-order valence-corrected chi connectivity index (χ4v) is 2.34. The minimum atomic E-state index is 0.104. The average molecular weight is 272 g/mol. The molecule has 0 fully saturated rings. The molecular formula is C14H16N4O2. The van der Waals surface area contributed by atoms with Crippen LogP contribution in [-0.2, 0) is 24.3 Å². The second-order valence-electron chi connectivity index (χ2n) is 4.74. The zero-order chi connectivity index (χ0) is 13.9. The first-order valence-corrected chi connectivity index (χ1v) is 6.53. The Morgan fingerprint density at radius 2 is 2.30 bits per heavy atom. The number of fused-ring (bicyclic) bond motifs is 1. The van der Waals surface area contributed by atoms with Gasteiger partial charge in [-0.3, -0.25) is 4.79 Å². The third-order valence-corrected chi connectivity index (χ3v) is 3.45. The molecule has 3 rings (SSSR count). The maximum atomic E-state index is 12.3. The molecule has 0 radical (unpaired) electrons. The molecule has 0 N–H and O–H groups in total. The number of amides is 1. The summed E-state index contributed by atoms with van der Waals surface area (Å²) in [6, 6.07) is 7.60. The van der Waals surface area contributed by atoms with Crippen LogP contribution in [0.25, 0.3) is 0 Å². The van der Waals surface area contributed by atoms with Gasteiger partial charge in [0.2, 0.25) is 5.91 Å². The van der Waals surface area contributed by atoms with E-state index >= 15 is 0 Å². The van der Waals surface area contributed by atoms with Gasteiger partial charge in [-0.1, -0.05) is 12.1 Å². The molecule has 0 spiro atoms. The third-order valence-electron chi connectivity index (χ3n) is 3.45. The second-order valence-corrected chi connectivity index (χ2v) is 4.74. The molecule has 0 aliphatic carbocycles. The lowest BCUT2D eigenvalue weighted by atomic mass is 10.1. The van der Waals surface area contributed by atoms with Gasteiger partial charge in [-0.15, -0.1) is 0 Å². The predicted octanol–water partition coefficient (Wildman–Crippen LogP) is 0.872. The number of methoxy groups -OCH3 is 1. The summed E-state index contributed by atoms with van der Waals surface area (Å²) in [7, 11) is 1.62. The molecule has 0 saturated heterocycles. The van der Waals surface area contributed by atoms with Gasteiger partial charge >= 0.3 is 0 Å². The summed E-state index contributed by atoms with van der Waals surface area (Å²) in [4.78, 5) is 18.3. The van der Waals surface area contributed by atoms with Crippen LogP contribution in [-0.4, -0.2) is 39.2 Å². The predicted molar refractivity (Wildman–Crippen MR) is 72.1 cm³/mol. The molecule has 20 heavy (non-hydrogen) atoms. The van der Waals surface area contributed by atoms with Gasteiger partial charge in [0.25, 0.3) is 0 Å². The molecule has 0 saturated carbocycles. The first-order chi connectivity index (χ1) is 9.76. The number of carbonyl (C=O) groups excluding carboxylic acids is 1. The summed E-state index contributed by atoms with van der Waals surface area (Å²) >= 11 is 0. The van der Waals surface area contributed by atoms with Crippen LogP contribution in [0.1, 0.15) is 11.4 Å². The summed E-state index contributed by atoms with van der Waals surface area (Å²) in [5, 5.41) is 4.11. The molecule has 6 heteroatoms. The SMILES string of the molecule is COc1cccc(CC(=O)N2CCn3ncnc3C2)c1. The Hall–Kier alpha value is -2.37. The Morgan fingerprint density at radius 1 is 1.40 bits per heavy atom. The Labute approximate surface area is 117 Å². The lowest BCUT2D eigenvalue weighted by molar-refractivity contribution is -0.132. The molecule has 0 unspecified atom stereocenters.